The van der Waals surface area contributed by atoms with E-state index < -0.39 is 34.5 Å². The van der Waals surface area contributed by atoms with Gasteiger partial charge in [-0.25, -0.2) is 8.78 Å². The van der Waals surface area contributed by atoms with E-state index in [1.165, 1.54) is 24.3 Å². The number of carbonyl (C=O) groups is 1. The molecule has 0 unspecified atom stereocenters. The SMILES string of the molecule is O=C(COc1ccccc1[N+](=O)[O-])c1cc(F)ccc1F. The highest BCUT2D eigenvalue weighted by Gasteiger charge is 2.17. The maximum Gasteiger partial charge on any atom is 0.310 e. The van der Waals surface area contributed by atoms with Gasteiger partial charge in [0.1, 0.15) is 11.6 Å². The topological polar surface area (TPSA) is 69.4 Å². The monoisotopic (exact) mass is 293 g/mol. The summed E-state index contributed by atoms with van der Waals surface area (Å²) in [6.07, 6.45) is 0. The van der Waals surface area contributed by atoms with Crippen molar-refractivity contribution in [1.82, 2.24) is 0 Å². The number of para-hydroxylation sites is 2. The van der Waals surface area contributed by atoms with Gasteiger partial charge in [-0.2, -0.15) is 0 Å². The summed E-state index contributed by atoms with van der Waals surface area (Å²) in [7, 11) is 0. The normalized spacial score (nSPS) is 10.2. The molecule has 2 rings (SSSR count). The summed E-state index contributed by atoms with van der Waals surface area (Å²) in [6, 6.07) is 7.92. The molecule has 0 bridgehead atoms. The number of nitrogens with zero attached hydrogens (tertiary/aromatic N) is 1. The highest BCUT2D eigenvalue weighted by molar-refractivity contribution is 5.97. The molecule has 108 valence electrons. The summed E-state index contributed by atoms with van der Waals surface area (Å²) in [5.74, 6) is -2.57. The molecule has 21 heavy (non-hydrogen) atoms. The third-order valence-corrected chi connectivity index (χ3v) is 2.65. The summed E-state index contributed by atoms with van der Waals surface area (Å²) < 4.78 is 31.4. The number of hydrogen-bond donors (Lipinski definition) is 0. The predicted octanol–water partition coefficient (Wildman–Crippen LogP) is 3.13. The molecule has 0 aromatic heterocycles. The van der Waals surface area contributed by atoms with Gasteiger partial charge in [0, 0.05) is 6.07 Å². The third-order valence-electron chi connectivity index (χ3n) is 2.65. The van der Waals surface area contributed by atoms with E-state index in [9.17, 15) is 23.7 Å². The van der Waals surface area contributed by atoms with E-state index >= 15 is 0 Å². The number of benzene rings is 2. The molecule has 0 atom stereocenters. The first-order valence-corrected chi connectivity index (χ1v) is 5.83. The Morgan fingerprint density at radius 2 is 1.90 bits per heavy atom. The number of Topliss-reactive ketones (excluding diaryl/α,β-unsaturated/α-hetero) is 1. The summed E-state index contributed by atoms with van der Waals surface area (Å²) in [6.45, 7) is -0.634. The molecule has 0 aliphatic rings. The van der Waals surface area contributed by atoms with E-state index in [-0.39, 0.29) is 11.4 Å². The van der Waals surface area contributed by atoms with Crippen LogP contribution >= 0.6 is 0 Å². The number of rotatable bonds is 5. The van der Waals surface area contributed by atoms with Gasteiger partial charge in [-0.1, -0.05) is 12.1 Å². The Hall–Kier alpha value is -2.83. The van der Waals surface area contributed by atoms with Crippen molar-refractivity contribution in [1.29, 1.82) is 0 Å². The second-order valence-electron chi connectivity index (χ2n) is 4.06. The number of carbonyl (C=O) groups excluding carboxylic acids is 1. The number of nitro benzene ring substituents is 1. The maximum atomic E-state index is 13.4. The number of nitro groups is 1. The van der Waals surface area contributed by atoms with Gasteiger partial charge in [0.2, 0.25) is 5.78 Å². The van der Waals surface area contributed by atoms with Crippen LogP contribution in [0.3, 0.4) is 0 Å². The minimum Gasteiger partial charge on any atom is -0.478 e. The summed E-state index contributed by atoms with van der Waals surface area (Å²) in [4.78, 5) is 21.9. The first-order valence-electron chi connectivity index (χ1n) is 5.83. The lowest BCUT2D eigenvalue weighted by molar-refractivity contribution is -0.385. The first kappa shape index (κ1) is 14.6. The van der Waals surface area contributed by atoms with Crippen LogP contribution in [0.15, 0.2) is 42.5 Å². The average molecular weight is 293 g/mol. The molecule has 0 spiro atoms. The second kappa shape index (κ2) is 6.08. The Morgan fingerprint density at radius 1 is 1.19 bits per heavy atom. The molecular formula is C14H9F2NO4. The first-order chi connectivity index (χ1) is 9.99. The molecule has 0 aliphatic heterocycles. The molecule has 7 heteroatoms. The van der Waals surface area contributed by atoms with E-state index in [4.69, 9.17) is 4.74 Å². The fraction of sp³-hybridized carbons (Fsp3) is 0.0714. The van der Waals surface area contributed by atoms with Crippen LogP contribution in [0, 0.1) is 21.7 Å². The molecule has 2 aromatic carbocycles. The van der Waals surface area contributed by atoms with E-state index in [2.05, 4.69) is 0 Å². The van der Waals surface area contributed by atoms with E-state index in [0.29, 0.717) is 0 Å². The van der Waals surface area contributed by atoms with Gasteiger partial charge < -0.3 is 4.74 Å². The van der Waals surface area contributed by atoms with Gasteiger partial charge in [-0.3, -0.25) is 14.9 Å². The molecule has 0 radical (unpaired) electrons. The molecule has 0 fully saturated rings. The smallest absolute Gasteiger partial charge is 0.310 e. The molecule has 0 saturated heterocycles. The van der Waals surface area contributed by atoms with Gasteiger partial charge in [0.05, 0.1) is 10.5 Å². The van der Waals surface area contributed by atoms with Crippen molar-refractivity contribution >= 4 is 11.5 Å². The zero-order chi connectivity index (χ0) is 15.4. The fourth-order valence-corrected chi connectivity index (χ4v) is 1.66. The molecule has 0 heterocycles. The van der Waals surface area contributed by atoms with Gasteiger partial charge in [0.15, 0.2) is 12.4 Å². The summed E-state index contributed by atoms with van der Waals surface area (Å²) in [5.41, 5.74) is -0.779. The Kier molecular flexibility index (Phi) is 4.22. The molecule has 0 aliphatic carbocycles. The number of hydrogen-bond acceptors (Lipinski definition) is 4. The van der Waals surface area contributed by atoms with Crippen LogP contribution in [0.1, 0.15) is 10.4 Å². The Balaban J connectivity index is 2.15. The minimum atomic E-state index is -0.882. The van der Waals surface area contributed by atoms with Crippen molar-refractivity contribution in [2.45, 2.75) is 0 Å². The predicted molar refractivity (Wildman–Crippen MR) is 69.3 cm³/mol. The van der Waals surface area contributed by atoms with E-state index in [1.54, 1.807) is 0 Å². The van der Waals surface area contributed by atoms with Gasteiger partial charge in [-0.15, -0.1) is 0 Å². The standard InChI is InChI=1S/C14H9F2NO4/c15-9-5-6-11(16)10(7-9)13(18)8-21-14-4-2-1-3-12(14)17(19)20/h1-7H,8H2. The van der Waals surface area contributed by atoms with E-state index in [1.807, 2.05) is 0 Å². The average Bonchev–Trinajstić information content (AvgIpc) is 2.47. The molecule has 0 amide bonds. The lowest BCUT2D eigenvalue weighted by atomic mass is 10.1. The highest BCUT2D eigenvalue weighted by Crippen LogP contribution is 2.26. The van der Waals surface area contributed by atoms with Crippen LogP contribution in [-0.2, 0) is 0 Å². The fourth-order valence-electron chi connectivity index (χ4n) is 1.66. The molecule has 0 N–H and O–H groups in total. The van der Waals surface area contributed by atoms with Crippen LogP contribution in [0.25, 0.3) is 0 Å². The van der Waals surface area contributed by atoms with Crippen LogP contribution < -0.4 is 4.74 Å². The molecule has 2 aromatic rings. The highest BCUT2D eigenvalue weighted by atomic mass is 19.1. The van der Waals surface area contributed by atoms with Crippen molar-refractivity contribution < 1.29 is 23.2 Å². The molecule has 0 saturated carbocycles. The minimum absolute atomic E-state index is 0.118. The third kappa shape index (κ3) is 3.38. The lowest BCUT2D eigenvalue weighted by Crippen LogP contribution is -2.14. The quantitative estimate of drug-likeness (QED) is 0.482. The summed E-state index contributed by atoms with van der Waals surface area (Å²) in [5, 5.41) is 10.8. The zero-order valence-electron chi connectivity index (χ0n) is 10.6. The maximum absolute atomic E-state index is 13.4. The van der Waals surface area contributed by atoms with Gasteiger partial charge in [-0.05, 0) is 24.3 Å². The molecule has 5 nitrogen and oxygen atoms in total. The lowest BCUT2D eigenvalue weighted by Gasteiger charge is -2.06. The Morgan fingerprint density at radius 3 is 2.62 bits per heavy atom. The Labute approximate surface area is 117 Å². The second-order valence-corrected chi connectivity index (χ2v) is 4.06. The summed E-state index contributed by atoms with van der Waals surface area (Å²) >= 11 is 0. The number of ether oxygens (including phenoxy) is 1. The van der Waals surface area contributed by atoms with Crippen LogP contribution in [0.4, 0.5) is 14.5 Å². The van der Waals surface area contributed by atoms with Gasteiger partial charge in [0.25, 0.3) is 0 Å². The van der Waals surface area contributed by atoms with Crippen LogP contribution in [0.2, 0.25) is 0 Å². The van der Waals surface area contributed by atoms with E-state index in [0.717, 1.165) is 18.2 Å². The van der Waals surface area contributed by atoms with Crippen molar-refractivity contribution in [3.63, 3.8) is 0 Å². The van der Waals surface area contributed by atoms with Crippen molar-refractivity contribution in [2.24, 2.45) is 0 Å². The Bertz CT molecular complexity index is 703. The van der Waals surface area contributed by atoms with Crippen molar-refractivity contribution in [3.05, 3.63) is 69.8 Å². The van der Waals surface area contributed by atoms with Crippen molar-refractivity contribution in [3.8, 4) is 5.75 Å². The number of halogens is 2. The largest absolute Gasteiger partial charge is 0.478 e. The van der Waals surface area contributed by atoms with Crippen LogP contribution in [-0.4, -0.2) is 17.3 Å². The molecular weight excluding hydrogens is 284 g/mol. The van der Waals surface area contributed by atoms with Crippen molar-refractivity contribution in [2.75, 3.05) is 6.61 Å². The zero-order valence-corrected chi connectivity index (χ0v) is 10.6. The number of ketones is 1. The van der Waals surface area contributed by atoms with Gasteiger partial charge >= 0.3 is 5.69 Å². The van der Waals surface area contributed by atoms with Crippen LogP contribution in [0.5, 0.6) is 5.75 Å².